The van der Waals surface area contributed by atoms with E-state index in [4.69, 9.17) is 22.1 Å². The minimum Gasteiger partial charge on any atom is -0.489 e. The van der Waals surface area contributed by atoms with Crippen LogP contribution in [0.1, 0.15) is 5.56 Å². The summed E-state index contributed by atoms with van der Waals surface area (Å²) in [7, 11) is 0. The molecule has 2 aromatic rings. The van der Waals surface area contributed by atoms with E-state index in [1.807, 2.05) is 0 Å². The van der Waals surface area contributed by atoms with Crippen LogP contribution in [0.15, 0.2) is 40.9 Å². The summed E-state index contributed by atoms with van der Waals surface area (Å²) >= 11 is 9.21. The van der Waals surface area contributed by atoms with Crippen molar-refractivity contribution >= 4 is 33.2 Å². The Morgan fingerprint density at radius 3 is 2.72 bits per heavy atom. The van der Waals surface area contributed by atoms with Crippen LogP contribution in [0.2, 0.25) is 5.02 Å². The van der Waals surface area contributed by atoms with Gasteiger partial charge in [0.1, 0.15) is 18.2 Å². The molecule has 18 heavy (non-hydrogen) atoms. The molecule has 5 heteroatoms. The molecule has 2 N–H and O–H groups in total. The number of hydrogen-bond donors (Lipinski definition) is 1. The smallest absolute Gasteiger partial charge is 0.128 e. The Morgan fingerprint density at radius 2 is 2.06 bits per heavy atom. The molecule has 0 aliphatic rings. The molecule has 2 rings (SSSR count). The maximum absolute atomic E-state index is 13.2. The van der Waals surface area contributed by atoms with E-state index >= 15 is 0 Å². The Hall–Kier alpha value is -1.26. The van der Waals surface area contributed by atoms with Crippen molar-refractivity contribution in [2.75, 3.05) is 5.73 Å². The highest BCUT2D eigenvalue weighted by molar-refractivity contribution is 9.10. The molecule has 2 nitrogen and oxygen atoms in total. The second kappa shape index (κ2) is 5.59. The first-order valence-electron chi connectivity index (χ1n) is 5.18. The predicted octanol–water partition coefficient (Wildman–Crippen LogP) is 4.40. The van der Waals surface area contributed by atoms with Crippen molar-refractivity contribution in [2.45, 2.75) is 6.61 Å². The number of nitrogens with two attached hydrogens (primary N) is 1. The van der Waals surface area contributed by atoms with Crippen LogP contribution in [0.25, 0.3) is 0 Å². The molecule has 0 unspecified atom stereocenters. The third-order valence-corrected chi connectivity index (χ3v) is 3.19. The highest BCUT2D eigenvalue weighted by Crippen LogP contribution is 2.25. The van der Waals surface area contributed by atoms with Crippen molar-refractivity contribution in [3.05, 3.63) is 57.3 Å². The lowest BCUT2D eigenvalue weighted by atomic mass is 10.2. The van der Waals surface area contributed by atoms with Gasteiger partial charge in [0.2, 0.25) is 0 Å². The van der Waals surface area contributed by atoms with Gasteiger partial charge in [0.15, 0.2) is 0 Å². The van der Waals surface area contributed by atoms with E-state index in [2.05, 4.69) is 15.9 Å². The zero-order valence-electron chi connectivity index (χ0n) is 9.29. The maximum atomic E-state index is 13.2. The molecule has 0 spiro atoms. The summed E-state index contributed by atoms with van der Waals surface area (Å²) < 4.78 is 19.2. The third-order valence-electron chi connectivity index (χ3n) is 2.37. The number of nitrogen functional groups attached to an aromatic ring is 1. The molecule has 0 amide bonds. The summed E-state index contributed by atoms with van der Waals surface area (Å²) in [6.45, 7) is 0.196. The minimum absolute atomic E-state index is 0.196. The van der Waals surface area contributed by atoms with Crippen molar-refractivity contribution in [1.29, 1.82) is 0 Å². The molecular formula is C13H10BrClFNO. The molecule has 0 heterocycles. The standard InChI is InChI=1S/C13H10BrClFNO/c14-8-4-9(16)6-10(5-8)18-7-11-12(15)2-1-3-13(11)17/h1-6H,7,17H2. The summed E-state index contributed by atoms with van der Waals surface area (Å²) in [6.07, 6.45) is 0. The normalized spacial score (nSPS) is 10.4. The number of hydrogen-bond acceptors (Lipinski definition) is 2. The van der Waals surface area contributed by atoms with Gasteiger partial charge in [-0.15, -0.1) is 0 Å². The number of ether oxygens (including phenoxy) is 1. The van der Waals surface area contributed by atoms with E-state index in [1.165, 1.54) is 12.1 Å². The predicted molar refractivity (Wildman–Crippen MR) is 74.3 cm³/mol. The van der Waals surface area contributed by atoms with E-state index in [1.54, 1.807) is 24.3 Å². The average molecular weight is 331 g/mol. The first-order chi connectivity index (χ1) is 8.56. The summed E-state index contributed by atoms with van der Waals surface area (Å²) in [4.78, 5) is 0. The molecule has 0 saturated carbocycles. The van der Waals surface area contributed by atoms with Crippen molar-refractivity contribution < 1.29 is 9.13 Å². The van der Waals surface area contributed by atoms with Gasteiger partial charge in [-0.25, -0.2) is 4.39 Å². The summed E-state index contributed by atoms with van der Waals surface area (Å²) in [5.41, 5.74) is 7.05. The molecular weight excluding hydrogens is 321 g/mol. The largest absolute Gasteiger partial charge is 0.489 e. The lowest BCUT2D eigenvalue weighted by Gasteiger charge is -2.10. The van der Waals surface area contributed by atoms with Gasteiger partial charge in [0.25, 0.3) is 0 Å². The summed E-state index contributed by atoms with van der Waals surface area (Å²) in [6, 6.07) is 9.58. The van der Waals surface area contributed by atoms with Crippen LogP contribution in [-0.4, -0.2) is 0 Å². The molecule has 94 valence electrons. The lowest BCUT2D eigenvalue weighted by molar-refractivity contribution is 0.305. The Kier molecular flexibility index (Phi) is 4.09. The lowest BCUT2D eigenvalue weighted by Crippen LogP contribution is -2.01. The zero-order chi connectivity index (χ0) is 13.1. The fourth-order valence-electron chi connectivity index (χ4n) is 1.49. The van der Waals surface area contributed by atoms with Gasteiger partial charge in [-0.05, 0) is 24.3 Å². The van der Waals surface area contributed by atoms with Crippen LogP contribution in [0.5, 0.6) is 5.75 Å². The summed E-state index contributed by atoms with van der Waals surface area (Å²) in [5.74, 6) is 0.0488. The highest BCUT2D eigenvalue weighted by atomic mass is 79.9. The Morgan fingerprint density at radius 1 is 1.28 bits per heavy atom. The second-order valence-electron chi connectivity index (χ2n) is 3.70. The quantitative estimate of drug-likeness (QED) is 0.846. The SMILES string of the molecule is Nc1cccc(Cl)c1COc1cc(F)cc(Br)c1. The first kappa shape index (κ1) is 13.2. The van der Waals surface area contributed by atoms with Crippen LogP contribution in [0.3, 0.4) is 0 Å². The van der Waals surface area contributed by atoms with Gasteiger partial charge in [-0.2, -0.15) is 0 Å². The Labute approximate surface area is 118 Å². The van der Waals surface area contributed by atoms with Crippen molar-refractivity contribution in [1.82, 2.24) is 0 Å². The molecule has 0 radical (unpaired) electrons. The summed E-state index contributed by atoms with van der Waals surface area (Å²) in [5, 5.41) is 0.533. The fraction of sp³-hybridized carbons (Fsp3) is 0.0769. The Balaban J connectivity index is 2.16. The van der Waals surface area contributed by atoms with Gasteiger partial charge in [-0.3, -0.25) is 0 Å². The van der Waals surface area contributed by atoms with E-state index < -0.39 is 0 Å². The number of halogens is 3. The molecule has 0 aromatic heterocycles. The maximum Gasteiger partial charge on any atom is 0.128 e. The van der Waals surface area contributed by atoms with Crippen LogP contribution in [0, 0.1) is 5.82 Å². The molecule has 0 atom stereocenters. The van der Waals surface area contributed by atoms with Gasteiger partial charge >= 0.3 is 0 Å². The van der Waals surface area contributed by atoms with Crippen LogP contribution in [0.4, 0.5) is 10.1 Å². The number of anilines is 1. The highest BCUT2D eigenvalue weighted by Gasteiger charge is 2.06. The Bertz CT molecular complexity index is 536. The van der Waals surface area contributed by atoms with E-state index in [-0.39, 0.29) is 12.4 Å². The van der Waals surface area contributed by atoms with Gasteiger partial charge in [0, 0.05) is 26.8 Å². The van der Waals surface area contributed by atoms with Crippen molar-refractivity contribution in [3.8, 4) is 5.75 Å². The first-order valence-corrected chi connectivity index (χ1v) is 6.35. The third kappa shape index (κ3) is 3.15. The topological polar surface area (TPSA) is 35.2 Å². The fourth-order valence-corrected chi connectivity index (χ4v) is 2.18. The zero-order valence-corrected chi connectivity index (χ0v) is 11.6. The van der Waals surface area contributed by atoms with Gasteiger partial charge in [0.05, 0.1) is 0 Å². The van der Waals surface area contributed by atoms with Crippen LogP contribution >= 0.6 is 27.5 Å². The van der Waals surface area contributed by atoms with Crippen LogP contribution < -0.4 is 10.5 Å². The van der Waals surface area contributed by atoms with Crippen molar-refractivity contribution in [2.24, 2.45) is 0 Å². The average Bonchev–Trinajstić information content (AvgIpc) is 2.27. The van der Waals surface area contributed by atoms with E-state index in [9.17, 15) is 4.39 Å². The van der Waals surface area contributed by atoms with Gasteiger partial charge < -0.3 is 10.5 Å². The minimum atomic E-state index is -0.369. The van der Waals surface area contributed by atoms with Crippen molar-refractivity contribution in [3.63, 3.8) is 0 Å². The molecule has 0 saturated heterocycles. The van der Waals surface area contributed by atoms with Crippen LogP contribution in [-0.2, 0) is 6.61 Å². The second-order valence-corrected chi connectivity index (χ2v) is 5.02. The van der Waals surface area contributed by atoms with E-state index in [0.29, 0.717) is 26.5 Å². The molecule has 2 aromatic carbocycles. The number of rotatable bonds is 3. The van der Waals surface area contributed by atoms with Gasteiger partial charge in [-0.1, -0.05) is 33.6 Å². The molecule has 0 fully saturated rings. The number of benzene rings is 2. The molecule has 0 aliphatic carbocycles. The molecule has 0 bridgehead atoms. The monoisotopic (exact) mass is 329 g/mol. The molecule has 0 aliphatic heterocycles. The van der Waals surface area contributed by atoms with E-state index in [0.717, 1.165) is 0 Å².